The summed E-state index contributed by atoms with van der Waals surface area (Å²) in [7, 11) is 1.72. The van der Waals surface area contributed by atoms with Crippen molar-refractivity contribution in [2.75, 3.05) is 13.7 Å². The quantitative estimate of drug-likeness (QED) is 0.850. The lowest BCUT2D eigenvalue weighted by atomic mass is 10.2. The van der Waals surface area contributed by atoms with Crippen LogP contribution in [-0.2, 0) is 11.3 Å². The van der Waals surface area contributed by atoms with E-state index >= 15 is 0 Å². The third kappa shape index (κ3) is 4.29. The molecule has 0 saturated carbocycles. The van der Waals surface area contributed by atoms with Gasteiger partial charge in [-0.05, 0) is 31.2 Å². The first kappa shape index (κ1) is 15.0. The monoisotopic (exact) mass is 301 g/mol. The molecule has 1 heterocycles. The van der Waals surface area contributed by atoms with Gasteiger partial charge in [-0.3, -0.25) is 4.79 Å². The van der Waals surface area contributed by atoms with E-state index in [1.807, 2.05) is 18.4 Å². The Morgan fingerprint density at radius 3 is 2.71 bits per heavy atom. The molecule has 0 saturated heterocycles. The van der Waals surface area contributed by atoms with E-state index < -0.39 is 0 Å². The summed E-state index contributed by atoms with van der Waals surface area (Å²) in [6.45, 7) is 2.37. The molecule has 0 aliphatic carbocycles. The fraction of sp³-hybridized carbons (Fsp3) is 0.267. The van der Waals surface area contributed by atoms with Crippen LogP contribution >= 0.6 is 11.3 Å². The summed E-state index contributed by atoms with van der Waals surface area (Å²) < 4.78 is 5.41. The molecule has 1 amide bonds. The fourth-order valence-electron chi connectivity index (χ4n) is 1.69. The van der Waals surface area contributed by atoms with Crippen molar-refractivity contribution in [3.63, 3.8) is 0 Å². The second-order valence-corrected chi connectivity index (χ2v) is 5.59. The normalized spacial score (nSPS) is 9.95. The molecule has 0 unspecified atom stereocenters. The minimum Gasteiger partial charge on any atom is -0.484 e. The molecule has 0 spiro atoms. The number of likely N-dealkylation sites (N-methyl/N-ethyl adjacent to an activating group) is 1. The maximum atomic E-state index is 12.0. The largest absolute Gasteiger partial charge is 0.484 e. The lowest BCUT2D eigenvalue weighted by Crippen LogP contribution is -2.31. The molecule has 2 rings (SSSR count). The maximum Gasteiger partial charge on any atom is 0.260 e. The molecule has 6 heteroatoms. The number of hydrogen-bond donors (Lipinski definition) is 0. The van der Waals surface area contributed by atoms with Crippen LogP contribution in [0.1, 0.15) is 16.3 Å². The van der Waals surface area contributed by atoms with Crippen molar-refractivity contribution >= 4 is 17.2 Å². The molecule has 2 aromatic rings. The number of aryl methyl sites for hydroxylation is 1. The van der Waals surface area contributed by atoms with Gasteiger partial charge in [0.05, 0.1) is 28.9 Å². The van der Waals surface area contributed by atoms with E-state index in [9.17, 15) is 4.79 Å². The highest BCUT2D eigenvalue weighted by Gasteiger charge is 2.11. The van der Waals surface area contributed by atoms with Crippen LogP contribution in [0.3, 0.4) is 0 Å². The number of carbonyl (C=O) groups excluding carboxylic acids is 1. The van der Waals surface area contributed by atoms with Crippen LogP contribution in [0.4, 0.5) is 0 Å². The van der Waals surface area contributed by atoms with Crippen LogP contribution in [0.25, 0.3) is 0 Å². The fourth-order valence-corrected chi connectivity index (χ4v) is 2.30. The molecule has 1 aromatic carbocycles. The van der Waals surface area contributed by atoms with Gasteiger partial charge in [-0.15, -0.1) is 11.3 Å². The van der Waals surface area contributed by atoms with Crippen molar-refractivity contribution in [1.82, 2.24) is 9.88 Å². The van der Waals surface area contributed by atoms with E-state index in [0.29, 0.717) is 17.9 Å². The van der Waals surface area contributed by atoms with Gasteiger partial charge in [-0.25, -0.2) is 4.98 Å². The van der Waals surface area contributed by atoms with Crippen LogP contribution in [0.5, 0.6) is 5.75 Å². The molecule has 0 N–H and O–H groups in total. The lowest BCUT2D eigenvalue weighted by molar-refractivity contribution is -0.132. The van der Waals surface area contributed by atoms with Crippen molar-refractivity contribution in [1.29, 1.82) is 5.26 Å². The standard InChI is InChI=1S/C15H15N3O2S/c1-11-17-13(10-21-11)8-18(2)15(19)9-20-14-5-3-12(7-16)4-6-14/h3-6,10H,8-9H2,1-2H3. The number of benzene rings is 1. The van der Waals surface area contributed by atoms with Crippen LogP contribution in [0.15, 0.2) is 29.6 Å². The van der Waals surface area contributed by atoms with Crippen LogP contribution in [-0.4, -0.2) is 29.4 Å². The van der Waals surface area contributed by atoms with E-state index in [-0.39, 0.29) is 12.5 Å². The molecule has 21 heavy (non-hydrogen) atoms. The van der Waals surface area contributed by atoms with Gasteiger partial charge < -0.3 is 9.64 Å². The SMILES string of the molecule is Cc1nc(CN(C)C(=O)COc2ccc(C#N)cc2)cs1. The van der Waals surface area contributed by atoms with E-state index in [0.717, 1.165) is 10.7 Å². The number of ether oxygens (including phenoxy) is 1. The Kier molecular flexibility index (Phi) is 4.90. The highest BCUT2D eigenvalue weighted by Crippen LogP contribution is 2.12. The van der Waals surface area contributed by atoms with Crippen molar-refractivity contribution in [3.05, 3.63) is 45.9 Å². The van der Waals surface area contributed by atoms with Crippen molar-refractivity contribution in [3.8, 4) is 11.8 Å². The summed E-state index contributed by atoms with van der Waals surface area (Å²) in [4.78, 5) is 17.9. The first-order valence-corrected chi connectivity index (χ1v) is 7.24. The Hall–Kier alpha value is -2.39. The van der Waals surface area contributed by atoms with Gasteiger partial charge in [0.2, 0.25) is 0 Å². The van der Waals surface area contributed by atoms with Crippen molar-refractivity contribution in [2.45, 2.75) is 13.5 Å². The van der Waals surface area contributed by atoms with Gasteiger partial charge in [0.25, 0.3) is 5.91 Å². The second kappa shape index (κ2) is 6.86. The average Bonchev–Trinajstić information content (AvgIpc) is 2.90. The van der Waals surface area contributed by atoms with Crippen LogP contribution in [0, 0.1) is 18.3 Å². The predicted octanol–water partition coefficient (Wildman–Crippen LogP) is 2.36. The summed E-state index contributed by atoms with van der Waals surface area (Å²) >= 11 is 1.57. The maximum absolute atomic E-state index is 12.0. The highest BCUT2D eigenvalue weighted by atomic mass is 32.1. The zero-order chi connectivity index (χ0) is 15.2. The minimum absolute atomic E-state index is 0.0362. The molecule has 5 nitrogen and oxygen atoms in total. The third-order valence-corrected chi connectivity index (χ3v) is 3.66. The molecular weight excluding hydrogens is 286 g/mol. The zero-order valence-electron chi connectivity index (χ0n) is 11.9. The Bertz CT molecular complexity index is 658. The topological polar surface area (TPSA) is 66.2 Å². The predicted molar refractivity (Wildman–Crippen MR) is 80.0 cm³/mol. The number of thiazole rings is 1. The Morgan fingerprint density at radius 1 is 1.43 bits per heavy atom. The van der Waals surface area contributed by atoms with Gasteiger partial charge in [0.1, 0.15) is 5.75 Å². The van der Waals surface area contributed by atoms with Gasteiger partial charge in [0, 0.05) is 12.4 Å². The summed E-state index contributed by atoms with van der Waals surface area (Å²) in [5, 5.41) is 11.6. The molecule has 1 aromatic heterocycles. The van der Waals surface area contributed by atoms with Gasteiger partial charge in [-0.2, -0.15) is 5.26 Å². The number of amides is 1. The number of nitrogens with zero attached hydrogens (tertiary/aromatic N) is 3. The molecule has 0 atom stereocenters. The number of hydrogen-bond acceptors (Lipinski definition) is 5. The average molecular weight is 301 g/mol. The third-order valence-electron chi connectivity index (χ3n) is 2.84. The first-order valence-electron chi connectivity index (χ1n) is 6.36. The first-order chi connectivity index (χ1) is 10.1. The van der Waals surface area contributed by atoms with Crippen LogP contribution < -0.4 is 4.74 Å². The summed E-state index contributed by atoms with van der Waals surface area (Å²) in [6.07, 6.45) is 0. The van der Waals surface area contributed by atoms with Crippen molar-refractivity contribution in [2.24, 2.45) is 0 Å². The lowest BCUT2D eigenvalue weighted by Gasteiger charge is -2.16. The Balaban J connectivity index is 1.84. The molecule has 0 aliphatic rings. The zero-order valence-corrected chi connectivity index (χ0v) is 12.7. The highest BCUT2D eigenvalue weighted by molar-refractivity contribution is 7.09. The molecule has 0 radical (unpaired) electrons. The van der Waals surface area contributed by atoms with E-state index in [2.05, 4.69) is 4.98 Å². The number of nitriles is 1. The van der Waals surface area contributed by atoms with E-state index in [4.69, 9.17) is 10.00 Å². The van der Waals surface area contributed by atoms with Gasteiger partial charge >= 0.3 is 0 Å². The van der Waals surface area contributed by atoms with Gasteiger partial charge in [-0.1, -0.05) is 0 Å². The Labute approximate surface area is 127 Å². The molecule has 0 fully saturated rings. The molecule has 0 aliphatic heterocycles. The smallest absolute Gasteiger partial charge is 0.260 e. The number of rotatable bonds is 5. The number of carbonyl (C=O) groups is 1. The number of aromatic nitrogens is 1. The summed E-state index contributed by atoms with van der Waals surface area (Å²) in [6, 6.07) is 8.69. The second-order valence-electron chi connectivity index (χ2n) is 4.53. The van der Waals surface area contributed by atoms with Crippen LogP contribution in [0.2, 0.25) is 0 Å². The molecule has 108 valence electrons. The summed E-state index contributed by atoms with van der Waals surface area (Å²) in [5.41, 5.74) is 1.44. The van der Waals surface area contributed by atoms with E-state index in [1.165, 1.54) is 0 Å². The Morgan fingerprint density at radius 2 is 2.14 bits per heavy atom. The minimum atomic E-state index is -0.120. The van der Waals surface area contributed by atoms with Gasteiger partial charge in [0.15, 0.2) is 6.61 Å². The molecule has 0 bridgehead atoms. The van der Waals surface area contributed by atoms with Crippen molar-refractivity contribution < 1.29 is 9.53 Å². The van der Waals surface area contributed by atoms with E-state index in [1.54, 1.807) is 47.5 Å². The molecular formula is C15H15N3O2S. The summed E-state index contributed by atoms with van der Waals surface area (Å²) in [5.74, 6) is 0.449.